The molecular formula is C44H60N2. The van der Waals surface area contributed by atoms with Crippen molar-refractivity contribution in [2.45, 2.75) is 129 Å². The normalized spacial score (nSPS) is 11.3. The van der Waals surface area contributed by atoms with Gasteiger partial charge in [-0.15, -0.1) is 0 Å². The number of hydrogen-bond acceptors (Lipinski definition) is 2. The van der Waals surface area contributed by atoms with Crippen LogP contribution in [0, 0.1) is 0 Å². The highest BCUT2D eigenvalue weighted by Crippen LogP contribution is 2.23. The van der Waals surface area contributed by atoms with Gasteiger partial charge in [0.2, 0.25) is 0 Å². The Labute approximate surface area is 281 Å². The Morgan fingerprint density at radius 3 is 1.07 bits per heavy atom. The van der Waals surface area contributed by atoms with Crippen molar-refractivity contribution in [1.82, 2.24) is 0 Å². The van der Waals surface area contributed by atoms with Gasteiger partial charge in [0.05, 0.1) is 0 Å². The van der Waals surface area contributed by atoms with Crippen LogP contribution in [0.1, 0.15) is 135 Å². The van der Waals surface area contributed by atoms with Crippen molar-refractivity contribution < 1.29 is 0 Å². The summed E-state index contributed by atoms with van der Waals surface area (Å²) in [5.41, 5.74) is 25.3. The first kappa shape index (κ1) is 35.3. The summed E-state index contributed by atoms with van der Waals surface area (Å²) in [7, 11) is 0. The van der Waals surface area contributed by atoms with Crippen molar-refractivity contribution in [3.8, 4) is 0 Å². The van der Waals surface area contributed by atoms with Crippen LogP contribution in [0.3, 0.4) is 0 Å². The van der Waals surface area contributed by atoms with E-state index in [0.717, 1.165) is 24.2 Å². The van der Waals surface area contributed by atoms with Gasteiger partial charge in [0.1, 0.15) is 0 Å². The lowest BCUT2D eigenvalue weighted by molar-refractivity contribution is 0.591. The molecule has 0 saturated carbocycles. The van der Waals surface area contributed by atoms with Gasteiger partial charge in [-0.05, 0) is 133 Å². The molecule has 4 aromatic rings. The predicted molar refractivity (Wildman–Crippen MR) is 202 cm³/mol. The van der Waals surface area contributed by atoms with Gasteiger partial charge in [0.25, 0.3) is 0 Å². The number of nitrogen functional groups attached to an aromatic ring is 2. The highest BCUT2D eigenvalue weighted by Gasteiger charge is 2.08. The van der Waals surface area contributed by atoms with Gasteiger partial charge in [0, 0.05) is 11.4 Å². The van der Waals surface area contributed by atoms with Crippen molar-refractivity contribution >= 4 is 11.4 Å². The van der Waals surface area contributed by atoms with E-state index < -0.39 is 0 Å². The summed E-state index contributed by atoms with van der Waals surface area (Å²) in [6, 6.07) is 31.2. The third-order valence-corrected chi connectivity index (χ3v) is 9.56. The second-order valence-corrected chi connectivity index (χ2v) is 13.6. The average molecular weight is 617 g/mol. The van der Waals surface area contributed by atoms with Crippen LogP contribution in [0.5, 0.6) is 0 Å². The van der Waals surface area contributed by atoms with Crippen LogP contribution in [-0.4, -0.2) is 0 Å². The monoisotopic (exact) mass is 616 g/mol. The van der Waals surface area contributed by atoms with E-state index in [0.29, 0.717) is 0 Å². The van der Waals surface area contributed by atoms with Crippen LogP contribution < -0.4 is 11.5 Å². The Morgan fingerprint density at radius 1 is 0.348 bits per heavy atom. The summed E-state index contributed by atoms with van der Waals surface area (Å²) in [5.74, 6) is 0. The maximum Gasteiger partial charge on any atom is 0.0314 e. The number of rotatable bonds is 21. The molecule has 2 heteroatoms. The summed E-state index contributed by atoms with van der Waals surface area (Å²) in [6.45, 7) is 4.59. The molecule has 0 heterocycles. The van der Waals surface area contributed by atoms with E-state index in [2.05, 4.69) is 74.5 Å². The van der Waals surface area contributed by atoms with Crippen LogP contribution in [-0.2, 0) is 38.5 Å². The van der Waals surface area contributed by atoms with E-state index in [-0.39, 0.29) is 0 Å². The molecular weight excluding hydrogens is 556 g/mol. The molecule has 46 heavy (non-hydrogen) atoms. The molecule has 0 fully saturated rings. The van der Waals surface area contributed by atoms with Crippen LogP contribution in [0.15, 0.2) is 84.9 Å². The quantitative estimate of drug-likeness (QED) is 0.0723. The van der Waals surface area contributed by atoms with Gasteiger partial charge in [-0.3, -0.25) is 0 Å². The van der Waals surface area contributed by atoms with E-state index in [1.54, 1.807) is 22.3 Å². The van der Waals surface area contributed by atoms with Crippen molar-refractivity contribution in [2.24, 2.45) is 0 Å². The predicted octanol–water partition coefficient (Wildman–Crippen LogP) is 11.6. The maximum absolute atomic E-state index is 5.90. The van der Waals surface area contributed by atoms with Crippen molar-refractivity contribution in [3.63, 3.8) is 0 Å². The van der Waals surface area contributed by atoms with E-state index >= 15 is 0 Å². The molecule has 4 aromatic carbocycles. The minimum atomic E-state index is 0.836. The van der Waals surface area contributed by atoms with Crippen molar-refractivity contribution in [2.75, 3.05) is 11.5 Å². The fraction of sp³-hybridized carbons (Fsp3) is 0.455. The molecule has 4 rings (SSSR count). The van der Waals surface area contributed by atoms with Crippen molar-refractivity contribution in [1.29, 1.82) is 0 Å². The summed E-state index contributed by atoms with van der Waals surface area (Å²) in [4.78, 5) is 0. The van der Waals surface area contributed by atoms with Gasteiger partial charge in [0.15, 0.2) is 0 Å². The minimum absolute atomic E-state index is 0.836. The summed E-state index contributed by atoms with van der Waals surface area (Å²) in [6.07, 6.45) is 22.6. The molecule has 0 aliphatic carbocycles. The molecule has 4 N–H and O–H groups in total. The third kappa shape index (κ3) is 12.3. The smallest absolute Gasteiger partial charge is 0.0314 e. The average Bonchev–Trinajstić information content (AvgIpc) is 3.06. The zero-order chi connectivity index (χ0) is 32.4. The van der Waals surface area contributed by atoms with Gasteiger partial charge in [-0.25, -0.2) is 0 Å². The molecule has 0 spiro atoms. The maximum atomic E-state index is 5.90. The van der Waals surface area contributed by atoms with Crippen LogP contribution >= 0.6 is 0 Å². The van der Waals surface area contributed by atoms with E-state index in [9.17, 15) is 0 Å². The standard InChI is InChI=1S/C44H60N2/c1-3-5-11-17-41-33-37(31-35-21-27-43(45)28-22-35)19-25-39(41)15-13-9-7-8-10-14-16-40-26-20-38(34-42(40)18-12-6-4-2)32-36-23-29-44(46)30-24-36/h19-30,33-34H,3-18,31-32,45-46H2,1-2H3. The zero-order valence-electron chi connectivity index (χ0n) is 29.0. The molecule has 0 bridgehead atoms. The second-order valence-electron chi connectivity index (χ2n) is 13.6. The summed E-state index contributed by atoms with van der Waals surface area (Å²) >= 11 is 0. The molecule has 0 aliphatic rings. The molecule has 0 aliphatic heterocycles. The molecule has 0 radical (unpaired) electrons. The second kappa shape index (κ2) is 19.9. The molecule has 2 nitrogen and oxygen atoms in total. The van der Waals surface area contributed by atoms with Gasteiger partial charge >= 0.3 is 0 Å². The lowest BCUT2D eigenvalue weighted by Gasteiger charge is -2.13. The number of anilines is 2. The van der Waals surface area contributed by atoms with Gasteiger partial charge in [-0.1, -0.05) is 126 Å². The first-order valence-electron chi connectivity index (χ1n) is 18.4. The van der Waals surface area contributed by atoms with Crippen LogP contribution in [0.4, 0.5) is 11.4 Å². The van der Waals surface area contributed by atoms with E-state index in [1.165, 1.54) is 125 Å². The SMILES string of the molecule is CCCCCc1cc(Cc2ccc(N)cc2)ccc1CCCCCCCCc1ccc(Cc2ccc(N)cc2)cc1CCCCC. The fourth-order valence-electron chi connectivity index (χ4n) is 6.74. The summed E-state index contributed by atoms with van der Waals surface area (Å²) < 4.78 is 0. The first-order chi connectivity index (χ1) is 22.5. The number of hydrogen-bond donors (Lipinski definition) is 2. The third-order valence-electron chi connectivity index (χ3n) is 9.56. The first-order valence-corrected chi connectivity index (χ1v) is 18.4. The molecule has 0 saturated heterocycles. The minimum Gasteiger partial charge on any atom is -0.399 e. The number of unbranched alkanes of at least 4 members (excludes halogenated alkanes) is 9. The summed E-state index contributed by atoms with van der Waals surface area (Å²) in [5, 5.41) is 0. The van der Waals surface area contributed by atoms with E-state index in [4.69, 9.17) is 11.5 Å². The molecule has 246 valence electrons. The Kier molecular flexibility index (Phi) is 15.3. The highest BCUT2D eigenvalue weighted by atomic mass is 14.5. The fourth-order valence-corrected chi connectivity index (χ4v) is 6.74. The Hall–Kier alpha value is -3.52. The molecule has 0 aromatic heterocycles. The topological polar surface area (TPSA) is 52.0 Å². The molecule has 0 amide bonds. The molecule has 0 atom stereocenters. The highest BCUT2D eigenvalue weighted by molar-refractivity contribution is 5.43. The van der Waals surface area contributed by atoms with Gasteiger partial charge < -0.3 is 11.5 Å². The van der Waals surface area contributed by atoms with Gasteiger partial charge in [-0.2, -0.15) is 0 Å². The Bertz CT molecular complexity index is 1310. The largest absolute Gasteiger partial charge is 0.399 e. The number of aryl methyl sites for hydroxylation is 4. The van der Waals surface area contributed by atoms with Crippen LogP contribution in [0.2, 0.25) is 0 Å². The van der Waals surface area contributed by atoms with Crippen LogP contribution in [0.25, 0.3) is 0 Å². The Morgan fingerprint density at radius 2 is 0.674 bits per heavy atom. The Balaban J connectivity index is 1.21. The lowest BCUT2D eigenvalue weighted by atomic mass is 9.92. The zero-order valence-corrected chi connectivity index (χ0v) is 29.0. The number of benzene rings is 4. The number of nitrogens with two attached hydrogens (primary N) is 2. The molecule has 0 unspecified atom stereocenters. The van der Waals surface area contributed by atoms with Crippen molar-refractivity contribution in [3.05, 3.63) is 129 Å². The van der Waals surface area contributed by atoms with E-state index in [1.807, 2.05) is 24.3 Å². The lowest BCUT2D eigenvalue weighted by Crippen LogP contribution is -1.99.